The van der Waals surface area contributed by atoms with E-state index in [0.717, 1.165) is 48.6 Å². The second-order valence-electron chi connectivity index (χ2n) is 10.9. The Hall–Kier alpha value is -4.05. The summed E-state index contributed by atoms with van der Waals surface area (Å²) < 4.78 is 4.84. The number of likely N-dealkylation sites (N-methyl/N-ethyl adjacent to an activating group) is 1. The zero-order valence-corrected chi connectivity index (χ0v) is 24.3. The molecule has 10 heteroatoms. The molecule has 42 heavy (non-hydrogen) atoms. The molecule has 1 fully saturated rings. The Bertz CT molecular complexity index is 1570. The van der Waals surface area contributed by atoms with Gasteiger partial charge in [-0.05, 0) is 54.1 Å². The van der Waals surface area contributed by atoms with E-state index < -0.39 is 17.4 Å². The van der Waals surface area contributed by atoms with Gasteiger partial charge in [0.2, 0.25) is 11.8 Å². The molecule has 6 rings (SSSR count). The maximum absolute atomic E-state index is 13.3. The second-order valence-corrected chi connectivity index (χ2v) is 11.4. The van der Waals surface area contributed by atoms with Crippen LogP contribution in [0.3, 0.4) is 0 Å². The Morgan fingerprint density at radius 2 is 1.76 bits per heavy atom. The van der Waals surface area contributed by atoms with E-state index in [1.54, 1.807) is 23.1 Å². The summed E-state index contributed by atoms with van der Waals surface area (Å²) in [4.78, 5) is 49.9. The Balaban J connectivity index is 1.32. The van der Waals surface area contributed by atoms with E-state index >= 15 is 0 Å². The monoisotopic (exact) mass is 585 g/mol. The number of rotatable bonds is 6. The second kappa shape index (κ2) is 11.7. The lowest BCUT2D eigenvalue weighted by atomic mass is 9.90. The summed E-state index contributed by atoms with van der Waals surface area (Å²) >= 11 is 6.71. The topological polar surface area (TPSA) is 94.5 Å². The van der Waals surface area contributed by atoms with Gasteiger partial charge in [0.25, 0.3) is 0 Å². The highest BCUT2D eigenvalue weighted by Gasteiger charge is 2.37. The lowest BCUT2D eigenvalue weighted by Gasteiger charge is -2.33. The quantitative estimate of drug-likeness (QED) is 0.203. The van der Waals surface area contributed by atoms with Gasteiger partial charge < -0.3 is 15.0 Å². The number of nitrogens with zero attached hydrogens (tertiary/aromatic N) is 4. The van der Waals surface area contributed by atoms with Crippen molar-refractivity contribution in [3.8, 4) is 0 Å². The number of nitrogens with one attached hydrogen (secondary N) is 1. The molecular weight excluding hydrogens is 554 g/mol. The first kappa shape index (κ1) is 28.1. The van der Waals surface area contributed by atoms with Gasteiger partial charge in [-0.2, -0.15) is 0 Å². The van der Waals surface area contributed by atoms with E-state index in [2.05, 4.69) is 22.2 Å². The molecule has 3 aromatic carbocycles. The van der Waals surface area contributed by atoms with Crippen LogP contribution in [0.2, 0.25) is 0 Å². The SMILES string of the molecule is COC(=O)c1ccc2c(c1)NC(=O)C2C(=Nc1ccc2c(c1)CC(Cl)N2C(=O)CN1CCN(C)CC1)c1ccccc1. The number of alkyl halides is 1. The number of carbonyl (C=O) groups excluding carboxylic acids is 3. The van der Waals surface area contributed by atoms with E-state index in [1.165, 1.54) is 7.11 Å². The minimum Gasteiger partial charge on any atom is -0.465 e. The molecule has 0 spiro atoms. The first-order valence-corrected chi connectivity index (χ1v) is 14.4. The molecule has 3 heterocycles. The van der Waals surface area contributed by atoms with Crippen molar-refractivity contribution < 1.29 is 19.1 Å². The Morgan fingerprint density at radius 3 is 2.50 bits per heavy atom. The zero-order chi connectivity index (χ0) is 29.4. The summed E-state index contributed by atoms with van der Waals surface area (Å²) in [5, 5.41) is 2.91. The number of aliphatic imine (C=N–C) groups is 1. The van der Waals surface area contributed by atoms with Crippen molar-refractivity contribution in [1.29, 1.82) is 0 Å². The van der Waals surface area contributed by atoms with Gasteiger partial charge in [0, 0.05) is 44.0 Å². The number of amides is 2. The molecule has 9 nitrogen and oxygen atoms in total. The maximum Gasteiger partial charge on any atom is 0.337 e. The van der Waals surface area contributed by atoms with Gasteiger partial charge in [-0.25, -0.2) is 4.79 Å². The van der Waals surface area contributed by atoms with Crippen molar-refractivity contribution in [2.75, 3.05) is 57.1 Å². The van der Waals surface area contributed by atoms with Gasteiger partial charge in [-0.3, -0.25) is 24.4 Å². The molecule has 216 valence electrons. The van der Waals surface area contributed by atoms with Gasteiger partial charge in [0.15, 0.2) is 0 Å². The summed E-state index contributed by atoms with van der Waals surface area (Å²) in [6, 6.07) is 20.3. The standard InChI is InChI=1S/C32H32ClN5O4/c1-36-12-14-37(15-13-36)19-28(39)38-26-11-9-23(16-22(26)18-27(38)33)34-30(20-6-4-3-5-7-20)29-24-10-8-21(32(41)42-2)17-25(24)35-31(29)40/h3-11,16-17,27,29H,12-15,18-19H2,1-2H3,(H,35,40). The first-order chi connectivity index (χ1) is 20.3. The molecule has 3 aliphatic heterocycles. The van der Waals surface area contributed by atoms with Gasteiger partial charge in [-0.1, -0.05) is 48.0 Å². The fraction of sp³-hybridized carbons (Fsp3) is 0.312. The highest BCUT2D eigenvalue weighted by atomic mass is 35.5. The minimum absolute atomic E-state index is 0.00918. The highest BCUT2D eigenvalue weighted by molar-refractivity contribution is 6.26. The van der Waals surface area contributed by atoms with Crippen molar-refractivity contribution in [3.05, 3.63) is 89.0 Å². The molecule has 0 bridgehead atoms. The van der Waals surface area contributed by atoms with Crippen LogP contribution in [-0.2, 0) is 20.7 Å². The lowest BCUT2D eigenvalue weighted by molar-refractivity contribution is -0.120. The number of fused-ring (bicyclic) bond motifs is 2. The Kier molecular flexibility index (Phi) is 7.81. The van der Waals surface area contributed by atoms with Crippen LogP contribution in [0.4, 0.5) is 17.1 Å². The average molecular weight is 586 g/mol. The molecule has 1 N–H and O–H groups in total. The third-order valence-corrected chi connectivity index (χ3v) is 8.46. The molecule has 0 radical (unpaired) electrons. The van der Waals surface area contributed by atoms with Crippen LogP contribution < -0.4 is 10.2 Å². The first-order valence-electron chi connectivity index (χ1n) is 14.0. The third kappa shape index (κ3) is 5.43. The third-order valence-electron chi connectivity index (χ3n) is 8.11. The molecule has 0 saturated carbocycles. The molecule has 0 aromatic heterocycles. The summed E-state index contributed by atoms with van der Waals surface area (Å²) in [6.07, 6.45) is 0.512. The summed E-state index contributed by atoms with van der Waals surface area (Å²) in [7, 11) is 3.41. The number of methoxy groups -OCH3 is 1. The van der Waals surface area contributed by atoms with Crippen LogP contribution in [0.1, 0.15) is 33.0 Å². The average Bonchev–Trinajstić information content (AvgIpc) is 3.51. The van der Waals surface area contributed by atoms with E-state index in [1.807, 2.05) is 48.5 Å². The molecule has 1 saturated heterocycles. The highest BCUT2D eigenvalue weighted by Crippen LogP contribution is 2.39. The fourth-order valence-corrected chi connectivity index (χ4v) is 6.23. The van der Waals surface area contributed by atoms with E-state index in [9.17, 15) is 14.4 Å². The van der Waals surface area contributed by atoms with Crippen LogP contribution in [0.5, 0.6) is 0 Å². The van der Waals surface area contributed by atoms with E-state index in [-0.39, 0.29) is 11.8 Å². The van der Waals surface area contributed by atoms with Crippen molar-refractivity contribution in [3.63, 3.8) is 0 Å². The number of hydrogen-bond acceptors (Lipinski definition) is 7. The number of benzene rings is 3. The number of ether oxygens (including phenoxy) is 1. The number of anilines is 2. The number of piperazine rings is 1. The molecule has 2 unspecified atom stereocenters. The van der Waals surface area contributed by atoms with Gasteiger partial charge in [-0.15, -0.1) is 0 Å². The largest absolute Gasteiger partial charge is 0.465 e. The van der Waals surface area contributed by atoms with Crippen LogP contribution in [0.25, 0.3) is 0 Å². The fourth-order valence-electron chi connectivity index (χ4n) is 5.85. The van der Waals surface area contributed by atoms with Crippen molar-refractivity contribution in [2.45, 2.75) is 17.8 Å². The summed E-state index contributed by atoms with van der Waals surface area (Å²) in [5.74, 6) is -1.38. The van der Waals surface area contributed by atoms with E-state index in [0.29, 0.717) is 35.6 Å². The molecule has 2 amide bonds. The predicted octanol–water partition coefficient (Wildman–Crippen LogP) is 4.03. The molecule has 3 aliphatic rings. The summed E-state index contributed by atoms with van der Waals surface area (Å²) in [6.45, 7) is 3.92. The number of carbonyl (C=O) groups is 3. The number of esters is 1. The number of hydrogen-bond donors (Lipinski definition) is 1. The summed E-state index contributed by atoms with van der Waals surface area (Å²) in [5.41, 5.74) is 4.98. The molecular formula is C32H32ClN5O4. The van der Waals surface area contributed by atoms with Crippen molar-refractivity contribution in [1.82, 2.24) is 9.80 Å². The van der Waals surface area contributed by atoms with Crippen LogP contribution in [0, 0.1) is 0 Å². The maximum atomic E-state index is 13.3. The van der Waals surface area contributed by atoms with Gasteiger partial charge >= 0.3 is 5.97 Å². The van der Waals surface area contributed by atoms with Crippen LogP contribution in [-0.4, -0.2) is 85.7 Å². The van der Waals surface area contributed by atoms with Crippen molar-refractivity contribution >= 4 is 52.2 Å². The van der Waals surface area contributed by atoms with Gasteiger partial charge in [0.1, 0.15) is 11.4 Å². The normalized spacial score (nSPS) is 20.7. The van der Waals surface area contributed by atoms with Crippen LogP contribution >= 0.6 is 11.6 Å². The Morgan fingerprint density at radius 1 is 1.00 bits per heavy atom. The Labute approximate surface area is 249 Å². The molecule has 3 aromatic rings. The molecule has 0 aliphatic carbocycles. The predicted molar refractivity (Wildman–Crippen MR) is 163 cm³/mol. The van der Waals surface area contributed by atoms with Gasteiger partial charge in [0.05, 0.1) is 30.6 Å². The zero-order valence-electron chi connectivity index (χ0n) is 23.5. The van der Waals surface area contributed by atoms with E-state index in [4.69, 9.17) is 21.3 Å². The van der Waals surface area contributed by atoms with Crippen molar-refractivity contribution in [2.24, 2.45) is 4.99 Å². The lowest BCUT2D eigenvalue weighted by Crippen LogP contribution is -2.49. The minimum atomic E-state index is -0.676. The smallest absolute Gasteiger partial charge is 0.337 e. The van der Waals surface area contributed by atoms with Crippen LogP contribution in [0.15, 0.2) is 71.7 Å². The number of halogens is 1. The molecule has 2 atom stereocenters.